The van der Waals surface area contributed by atoms with E-state index in [1.165, 1.54) is 0 Å². The van der Waals surface area contributed by atoms with Crippen molar-refractivity contribution in [3.05, 3.63) is 29.8 Å². The molecule has 0 spiro atoms. The van der Waals surface area contributed by atoms with Crippen molar-refractivity contribution in [2.45, 2.75) is 12.6 Å². The van der Waals surface area contributed by atoms with Crippen molar-refractivity contribution in [3.63, 3.8) is 0 Å². The number of ether oxygens (including phenoxy) is 1. The molecule has 0 aromatic heterocycles. The first-order valence-electron chi connectivity index (χ1n) is 5.33. The summed E-state index contributed by atoms with van der Waals surface area (Å²) < 4.78 is 5.37. The van der Waals surface area contributed by atoms with Gasteiger partial charge in [-0.25, -0.2) is 14.1 Å². The first kappa shape index (κ1) is 11.6. The van der Waals surface area contributed by atoms with Crippen LogP contribution in [-0.2, 0) is 16.0 Å². The fourth-order valence-corrected chi connectivity index (χ4v) is 1.99. The molecule has 1 aromatic rings. The second-order valence-corrected chi connectivity index (χ2v) is 4.39. The predicted molar refractivity (Wildman–Crippen MR) is 59.3 cm³/mol. The second-order valence-electron chi connectivity index (χ2n) is 4.39. The van der Waals surface area contributed by atoms with Gasteiger partial charge in [-0.3, -0.25) is 0 Å². The highest BCUT2D eigenvalue weighted by molar-refractivity contribution is 5.69. The fourth-order valence-electron chi connectivity index (χ4n) is 1.99. The van der Waals surface area contributed by atoms with Gasteiger partial charge in [0.2, 0.25) is 6.23 Å². The van der Waals surface area contributed by atoms with Gasteiger partial charge >= 0.3 is 12.4 Å². The van der Waals surface area contributed by atoms with Crippen molar-refractivity contribution in [2.24, 2.45) is 0 Å². The molecule has 1 aliphatic rings. The minimum absolute atomic E-state index is 0.274. The third-order valence-corrected chi connectivity index (χ3v) is 3.00. The number of carboxylic acids is 1. The highest BCUT2D eigenvalue weighted by Gasteiger charge is 2.41. The summed E-state index contributed by atoms with van der Waals surface area (Å²) in [6.07, 6.45) is 0.726. The number of para-hydroxylation sites is 1. The molecule has 17 heavy (non-hydrogen) atoms. The number of aliphatic carboxylic acids is 1. The van der Waals surface area contributed by atoms with Crippen LogP contribution in [0.15, 0.2) is 24.3 Å². The Kier molecular flexibility index (Phi) is 2.85. The summed E-state index contributed by atoms with van der Waals surface area (Å²) >= 11 is 0. The van der Waals surface area contributed by atoms with Gasteiger partial charge in [0.05, 0.1) is 13.5 Å². The van der Waals surface area contributed by atoms with Gasteiger partial charge in [-0.2, -0.15) is 0 Å². The SMILES string of the molecule is C[N+](C=O)(CC(=O)O)C1Cc2ccccc2O1. The predicted octanol–water partition coefficient (Wildman–Crippen LogP) is 0.635. The smallest absolute Gasteiger partial charge is 0.359 e. The van der Waals surface area contributed by atoms with E-state index in [0.29, 0.717) is 12.8 Å². The Morgan fingerprint density at radius 1 is 1.59 bits per heavy atom. The summed E-state index contributed by atoms with van der Waals surface area (Å²) in [7, 11) is 1.57. The number of hydrogen-bond acceptors (Lipinski definition) is 3. The fraction of sp³-hybridized carbons (Fsp3) is 0.333. The third kappa shape index (κ3) is 2.14. The maximum Gasteiger partial charge on any atom is 0.359 e. The van der Waals surface area contributed by atoms with Crippen LogP contribution in [0, 0.1) is 0 Å². The van der Waals surface area contributed by atoms with Crippen LogP contribution in [-0.4, -0.2) is 41.8 Å². The molecule has 0 saturated heterocycles. The Hall–Kier alpha value is -1.88. The van der Waals surface area contributed by atoms with E-state index in [9.17, 15) is 9.59 Å². The number of carbonyl (C=O) groups is 2. The number of rotatable bonds is 4. The van der Waals surface area contributed by atoms with Gasteiger partial charge < -0.3 is 9.84 Å². The number of benzene rings is 1. The van der Waals surface area contributed by atoms with Gasteiger partial charge in [-0.05, 0) is 6.07 Å². The Labute approximate surface area is 98.8 Å². The molecule has 1 amide bonds. The Bertz CT molecular complexity index is 435. The van der Waals surface area contributed by atoms with E-state index in [2.05, 4.69) is 0 Å². The van der Waals surface area contributed by atoms with E-state index < -0.39 is 12.2 Å². The van der Waals surface area contributed by atoms with Crippen molar-refractivity contribution in [2.75, 3.05) is 13.6 Å². The topological polar surface area (TPSA) is 63.6 Å². The summed E-state index contributed by atoms with van der Waals surface area (Å²) in [6, 6.07) is 7.49. The van der Waals surface area contributed by atoms with E-state index >= 15 is 0 Å². The molecular weight excluding hydrogens is 222 g/mol. The van der Waals surface area contributed by atoms with Crippen LogP contribution in [0.2, 0.25) is 0 Å². The van der Waals surface area contributed by atoms with Crippen molar-refractivity contribution >= 4 is 12.4 Å². The van der Waals surface area contributed by atoms with Crippen molar-refractivity contribution in [1.29, 1.82) is 0 Å². The van der Waals surface area contributed by atoms with Crippen LogP contribution >= 0.6 is 0 Å². The van der Waals surface area contributed by atoms with E-state index in [1.807, 2.05) is 24.3 Å². The minimum Gasteiger partial charge on any atom is -0.477 e. The van der Waals surface area contributed by atoms with Gasteiger partial charge in [0.25, 0.3) is 0 Å². The lowest BCUT2D eigenvalue weighted by Gasteiger charge is -2.30. The van der Waals surface area contributed by atoms with E-state index in [4.69, 9.17) is 9.84 Å². The number of fused-ring (bicyclic) bond motifs is 1. The summed E-state index contributed by atoms with van der Waals surface area (Å²) in [5, 5.41) is 8.83. The van der Waals surface area contributed by atoms with E-state index in [-0.39, 0.29) is 11.0 Å². The molecule has 0 bridgehead atoms. The Morgan fingerprint density at radius 2 is 2.29 bits per heavy atom. The largest absolute Gasteiger partial charge is 0.477 e. The zero-order chi connectivity index (χ0) is 12.5. The van der Waals surface area contributed by atoms with Crippen LogP contribution in [0.3, 0.4) is 0 Å². The van der Waals surface area contributed by atoms with Crippen molar-refractivity contribution < 1.29 is 23.9 Å². The molecule has 90 valence electrons. The van der Waals surface area contributed by atoms with Crippen LogP contribution < -0.4 is 4.74 Å². The Morgan fingerprint density at radius 3 is 2.88 bits per heavy atom. The summed E-state index contributed by atoms with van der Waals surface area (Å²) in [5.74, 6) is -0.284. The number of hydrogen-bond donors (Lipinski definition) is 1. The van der Waals surface area contributed by atoms with Gasteiger partial charge in [0, 0.05) is 5.56 Å². The lowest BCUT2D eigenvalue weighted by atomic mass is 10.1. The lowest BCUT2D eigenvalue weighted by molar-refractivity contribution is -0.863. The summed E-state index contributed by atoms with van der Waals surface area (Å²) in [4.78, 5) is 21.9. The quantitative estimate of drug-likeness (QED) is 0.615. The minimum atomic E-state index is -1.01. The Balaban J connectivity index is 2.20. The number of carbonyl (C=O) groups excluding carboxylic acids is 1. The lowest BCUT2D eigenvalue weighted by Crippen LogP contribution is -2.56. The number of likely N-dealkylation sites (N-methyl/N-ethyl adjacent to an activating group) is 1. The average molecular weight is 236 g/mol. The molecule has 1 heterocycles. The molecule has 0 radical (unpaired) electrons. The van der Waals surface area contributed by atoms with Gasteiger partial charge in [0.15, 0.2) is 6.54 Å². The number of amides is 1. The standard InChI is InChI=1S/C12H13NO4/c1-13(8-14,7-12(15)16)11-6-9-4-2-3-5-10(9)17-11/h2-5,8,11H,6-7H2,1H3/p+1. The van der Waals surface area contributed by atoms with Crippen LogP contribution in [0.25, 0.3) is 0 Å². The highest BCUT2D eigenvalue weighted by Crippen LogP contribution is 2.31. The highest BCUT2D eigenvalue weighted by atomic mass is 16.5. The molecule has 5 nitrogen and oxygen atoms in total. The number of nitrogens with zero attached hydrogens (tertiary/aromatic N) is 1. The van der Waals surface area contributed by atoms with Gasteiger partial charge in [-0.15, -0.1) is 0 Å². The normalized spacial score (nSPS) is 21.1. The first-order valence-corrected chi connectivity index (χ1v) is 5.33. The third-order valence-electron chi connectivity index (χ3n) is 3.00. The van der Waals surface area contributed by atoms with Crippen molar-refractivity contribution in [1.82, 2.24) is 0 Å². The van der Waals surface area contributed by atoms with Crippen LogP contribution in [0.1, 0.15) is 5.56 Å². The molecule has 2 unspecified atom stereocenters. The maximum atomic E-state index is 11.1. The maximum absolute atomic E-state index is 11.1. The molecular formula is C12H14NO4+. The molecule has 5 heteroatoms. The summed E-state index contributed by atoms with van der Waals surface area (Å²) in [6.45, 7) is -0.276. The summed E-state index contributed by atoms with van der Waals surface area (Å²) in [5.41, 5.74) is 1.01. The molecule has 0 fully saturated rings. The molecule has 0 saturated carbocycles. The van der Waals surface area contributed by atoms with Crippen LogP contribution in [0.4, 0.5) is 0 Å². The van der Waals surface area contributed by atoms with Crippen LogP contribution in [0.5, 0.6) is 5.75 Å². The molecule has 1 aromatic carbocycles. The zero-order valence-electron chi connectivity index (χ0n) is 9.50. The molecule has 2 rings (SSSR count). The van der Waals surface area contributed by atoms with E-state index in [0.717, 1.165) is 11.3 Å². The zero-order valence-corrected chi connectivity index (χ0v) is 9.50. The average Bonchev–Trinajstić information content (AvgIpc) is 2.72. The number of quaternary nitrogens is 1. The van der Waals surface area contributed by atoms with Gasteiger partial charge in [0.1, 0.15) is 5.75 Å². The number of carboxylic acid groups (broad SMARTS) is 1. The second kappa shape index (κ2) is 4.18. The van der Waals surface area contributed by atoms with Gasteiger partial charge in [-0.1, -0.05) is 18.2 Å². The monoisotopic (exact) mass is 236 g/mol. The molecule has 1 aliphatic heterocycles. The molecule has 0 aliphatic carbocycles. The first-order chi connectivity index (χ1) is 8.05. The molecule has 1 N–H and O–H groups in total. The van der Waals surface area contributed by atoms with E-state index in [1.54, 1.807) is 7.05 Å². The van der Waals surface area contributed by atoms with Crippen molar-refractivity contribution in [3.8, 4) is 5.75 Å². The molecule has 2 atom stereocenters.